The molecule has 1 saturated carbocycles. The second kappa shape index (κ2) is 3.21. The lowest BCUT2D eigenvalue weighted by Gasteiger charge is -1.93. The van der Waals surface area contributed by atoms with Crippen LogP contribution in [0.2, 0.25) is 0 Å². The Morgan fingerprint density at radius 1 is 1.75 bits per heavy atom. The monoisotopic (exact) mass is 176 g/mol. The molecule has 0 heterocycles. The summed E-state index contributed by atoms with van der Waals surface area (Å²) in [4.78, 5) is 10.6. The van der Waals surface area contributed by atoms with Gasteiger partial charge in [0.1, 0.15) is 0 Å². The molecule has 1 aliphatic carbocycles. The number of allylic oxidation sites excluding steroid dienone is 1. The van der Waals surface area contributed by atoms with Crippen LogP contribution in [-0.4, -0.2) is 18.5 Å². The van der Waals surface area contributed by atoms with E-state index in [0.717, 1.165) is 6.08 Å². The van der Waals surface area contributed by atoms with Crippen LogP contribution in [0.4, 0.5) is 8.78 Å². The van der Waals surface area contributed by atoms with Gasteiger partial charge in [-0.1, -0.05) is 6.08 Å². The Hall–Kier alpha value is -0.930. The topological polar surface area (TPSA) is 26.3 Å². The number of carbonyl (C=O) groups is 1. The summed E-state index contributed by atoms with van der Waals surface area (Å²) in [5.74, 6) is -3.91. The van der Waals surface area contributed by atoms with Crippen LogP contribution in [0.15, 0.2) is 12.2 Å². The summed E-state index contributed by atoms with van der Waals surface area (Å²) in [5, 5.41) is 0. The fourth-order valence-corrected chi connectivity index (χ4v) is 0.828. The summed E-state index contributed by atoms with van der Waals surface area (Å²) >= 11 is 0. The van der Waals surface area contributed by atoms with Gasteiger partial charge < -0.3 is 4.74 Å². The second-order valence-corrected chi connectivity index (χ2v) is 2.68. The van der Waals surface area contributed by atoms with E-state index in [1.54, 1.807) is 6.92 Å². The third-order valence-electron chi connectivity index (χ3n) is 1.63. The number of alkyl halides is 2. The van der Waals surface area contributed by atoms with Gasteiger partial charge >= 0.3 is 5.97 Å². The van der Waals surface area contributed by atoms with Crippen molar-refractivity contribution in [2.45, 2.75) is 19.3 Å². The van der Waals surface area contributed by atoms with Crippen molar-refractivity contribution in [3.8, 4) is 0 Å². The fraction of sp³-hybridized carbons (Fsp3) is 0.625. The van der Waals surface area contributed by atoms with Crippen molar-refractivity contribution < 1.29 is 18.3 Å². The highest BCUT2D eigenvalue weighted by atomic mass is 19.3. The molecular formula is C8H10F2O2. The average molecular weight is 176 g/mol. The van der Waals surface area contributed by atoms with Crippen molar-refractivity contribution in [2.75, 3.05) is 6.61 Å². The van der Waals surface area contributed by atoms with Crippen molar-refractivity contribution in [3.63, 3.8) is 0 Å². The molecule has 0 spiro atoms. The van der Waals surface area contributed by atoms with E-state index in [4.69, 9.17) is 0 Å². The van der Waals surface area contributed by atoms with Gasteiger partial charge in [0, 0.05) is 18.4 Å². The van der Waals surface area contributed by atoms with Crippen LogP contribution in [0.5, 0.6) is 0 Å². The highest BCUT2D eigenvalue weighted by Gasteiger charge is 2.55. The molecule has 0 saturated heterocycles. The van der Waals surface area contributed by atoms with Crippen LogP contribution in [-0.2, 0) is 9.53 Å². The molecule has 0 radical (unpaired) electrons. The van der Waals surface area contributed by atoms with Gasteiger partial charge in [0.05, 0.1) is 6.61 Å². The molecule has 0 aromatic carbocycles. The smallest absolute Gasteiger partial charge is 0.330 e. The first-order chi connectivity index (χ1) is 5.56. The van der Waals surface area contributed by atoms with E-state index in [9.17, 15) is 13.6 Å². The molecule has 68 valence electrons. The lowest BCUT2D eigenvalue weighted by Crippen LogP contribution is -1.99. The SMILES string of the molecule is CCOC(=O)C=CC1CC1(F)F. The molecule has 1 rings (SSSR count). The second-order valence-electron chi connectivity index (χ2n) is 2.68. The predicted molar refractivity (Wildman–Crippen MR) is 38.8 cm³/mol. The maximum absolute atomic E-state index is 12.2. The van der Waals surface area contributed by atoms with E-state index in [2.05, 4.69) is 4.74 Å². The number of esters is 1. The van der Waals surface area contributed by atoms with Gasteiger partial charge in [-0.2, -0.15) is 0 Å². The van der Waals surface area contributed by atoms with Gasteiger partial charge in [-0.05, 0) is 6.92 Å². The Balaban J connectivity index is 2.28. The number of hydrogen-bond acceptors (Lipinski definition) is 2. The molecule has 0 aromatic heterocycles. The number of halogens is 2. The molecule has 0 N–H and O–H groups in total. The maximum atomic E-state index is 12.2. The van der Waals surface area contributed by atoms with Crippen LogP contribution in [0.25, 0.3) is 0 Å². The van der Waals surface area contributed by atoms with E-state index < -0.39 is 17.8 Å². The number of carbonyl (C=O) groups excluding carboxylic acids is 1. The Morgan fingerprint density at radius 3 is 2.75 bits per heavy atom. The summed E-state index contributed by atoms with van der Waals surface area (Å²) in [6, 6.07) is 0. The zero-order valence-electron chi connectivity index (χ0n) is 6.72. The number of rotatable bonds is 3. The standard InChI is InChI=1S/C8H10F2O2/c1-2-12-7(11)4-3-6-5-8(6,9)10/h3-4,6H,2,5H2,1H3. The minimum absolute atomic E-state index is 0.150. The number of ether oxygens (including phenoxy) is 1. The first-order valence-electron chi connectivity index (χ1n) is 3.79. The molecule has 0 aliphatic heterocycles. The van der Waals surface area contributed by atoms with E-state index in [0.29, 0.717) is 0 Å². The van der Waals surface area contributed by atoms with E-state index in [1.165, 1.54) is 6.08 Å². The fourth-order valence-electron chi connectivity index (χ4n) is 0.828. The predicted octanol–water partition coefficient (Wildman–Crippen LogP) is 1.76. The summed E-state index contributed by atoms with van der Waals surface area (Å²) in [7, 11) is 0. The van der Waals surface area contributed by atoms with Crippen LogP contribution >= 0.6 is 0 Å². The summed E-state index contributed by atoms with van der Waals surface area (Å²) < 4.78 is 29.0. The summed E-state index contributed by atoms with van der Waals surface area (Å²) in [5.41, 5.74) is 0. The van der Waals surface area contributed by atoms with Crippen molar-refractivity contribution in [3.05, 3.63) is 12.2 Å². The highest BCUT2D eigenvalue weighted by Crippen LogP contribution is 2.49. The Kier molecular flexibility index (Phi) is 2.45. The van der Waals surface area contributed by atoms with Crippen molar-refractivity contribution in [1.82, 2.24) is 0 Å². The molecule has 0 aromatic rings. The van der Waals surface area contributed by atoms with Crippen molar-refractivity contribution in [1.29, 1.82) is 0 Å². The minimum atomic E-state index is -2.59. The first kappa shape index (κ1) is 9.16. The van der Waals surface area contributed by atoms with E-state index >= 15 is 0 Å². The van der Waals surface area contributed by atoms with Crippen LogP contribution in [0, 0.1) is 5.92 Å². The Bertz CT molecular complexity index is 211. The van der Waals surface area contributed by atoms with Gasteiger partial charge in [-0.3, -0.25) is 0 Å². The van der Waals surface area contributed by atoms with Crippen molar-refractivity contribution >= 4 is 5.97 Å². The first-order valence-corrected chi connectivity index (χ1v) is 3.79. The Morgan fingerprint density at radius 2 is 2.33 bits per heavy atom. The van der Waals surface area contributed by atoms with Crippen LogP contribution in [0.3, 0.4) is 0 Å². The molecule has 12 heavy (non-hydrogen) atoms. The lowest BCUT2D eigenvalue weighted by atomic mass is 10.3. The van der Waals surface area contributed by atoms with Crippen LogP contribution < -0.4 is 0 Å². The summed E-state index contributed by atoms with van der Waals surface area (Å²) in [6.45, 7) is 1.93. The molecule has 1 aliphatic rings. The van der Waals surface area contributed by atoms with Gasteiger partial charge in [0.15, 0.2) is 0 Å². The van der Waals surface area contributed by atoms with Crippen LogP contribution in [0.1, 0.15) is 13.3 Å². The maximum Gasteiger partial charge on any atom is 0.330 e. The largest absolute Gasteiger partial charge is 0.463 e. The van der Waals surface area contributed by atoms with Gasteiger partial charge in [-0.15, -0.1) is 0 Å². The minimum Gasteiger partial charge on any atom is -0.463 e. The average Bonchev–Trinajstić information content (AvgIpc) is 2.56. The molecule has 1 fully saturated rings. The van der Waals surface area contributed by atoms with Gasteiger partial charge in [-0.25, -0.2) is 13.6 Å². The molecule has 1 unspecified atom stereocenters. The number of hydrogen-bond donors (Lipinski definition) is 0. The quantitative estimate of drug-likeness (QED) is 0.483. The van der Waals surface area contributed by atoms with Gasteiger partial charge in [0.25, 0.3) is 5.92 Å². The highest BCUT2D eigenvalue weighted by molar-refractivity contribution is 5.82. The lowest BCUT2D eigenvalue weighted by molar-refractivity contribution is -0.137. The van der Waals surface area contributed by atoms with E-state index in [-0.39, 0.29) is 13.0 Å². The van der Waals surface area contributed by atoms with E-state index in [1.807, 2.05) is 0 Å². The molecule has 1 atom stereocenters. The zero-order valence-corrected chi connectivity index (χ0v) is 6.72. The summed E-state index contributed by atoms with van der Waals surface area (Å²) in [6.07, 6.45) is 2.12. The third kappa shape index (κ3) is 2.29. The molecule has 2 nitrogen and oxygen atoms in total. The zero-order chi connectivity index (χ0) is 9.19. The molecule has 0 bridgehead atoms. The molecule has 0 amide bonds. The van der Waals surface area contributed by atoms with Gasteiger partial charge in [0.2, 0.25) is 0 Å². The van der Waals surface area contributed by atoms with Crippen molar-refractivity contribution in [2.24, 2.45) is 5.92 Å². The Labute approximate surface area is 69.2 Å². The third-order valence-corrected chi connectivity index (χ3v) is 1.63. The normalized spacial score (nSPS) is 25.8. The molecule has 4 heteroatoms. The molecular weight excluding hydrogens is 166 g/mol.